The molecule has 0 unspecified atom stereocenters. The maximum absolute atomic E-state index is 9.55. The Balaban J connectivity index is 2.80. The van der Waals surface area contributed by atoms with E-state index in [9.17, 15) is 5.11 Å². The van der Waals surface area contributed by atoms with E-state index in [-0.39, 0.29) is 17.6 Å². The lowest BCUT2D eigenvalue weighted by Gasteiger charge is -2.26. The second-order valence-corrected chi connectivity index (χ2v) is 4.47. The fraction of sp³-hybridized carbons (Fsp3) is 0.571. The van der Waals surface area contributed by atoms with Gasteiger partial charge in [-0.25, -0.2) is 0 Å². The van der Waals surface area contributed by atoms with Crippen LogP contribution in [0.5, 0.6) is 5.75 Å². The van der Waals surface area contributed by atoms with Gasteiger partial charge in [0.15, 0.2) is 0 Å². The highest BCUT2D eigenvalue weighted by atomic mass is 16.3. The molecule has 1 N–H and O–H groups in total. The smallest absolute Gasteiger partial charge is 0.115 e. The van der Waals surface area contributed by atoms with Gasteiger partial charge in [0.2, 0.25) is 0 Å². The zero-order valence-electron chi connectivity index (χ0n) is 13.3. The number of hydrogen-bond donors (Lipinski definition) is 1. The van der Waals surface area contributed by atoms with Crippen molar-refractivity contribution in [3.05, 3.63) is 29.8 Å². The van der Waals surface area contributed by atoms with Gasteiger partial charge in [-0.1, -0.05) is 26.0 Å². The summed E-state index contributed by atoms with van der Waals surface area (Å²) < 4.78 is 22.2. The maximum Gasteiger partial charge on any atom is 0.115 e. The Morgan fingerprint density at radius 3 is 2.81 bits per heavy atom. The second kappa shape index (κ2) is 5.90. The van der Waals surface area contributed by atoms with Crippen LogP contribution in [0.1, 0.15) is 35.9 Å². The van der Waals surface area contributed by atoms with E-state index in [4.69, 9.17) is 4.11 Å². The molecule has 0 radical (unpaired) electrons. The summed E-state index contributed by atoms with van der Waals surface area (Å²) in [7, 11) is 1.62. The van der Waals surface area contributed by atoms with E-state index < -0.39 is 6.98 Å². The summed E-state index contributed by atoms with van der Waals surface area (Å²) in [5.41, 5.74) is 1.06. The zero-order valence-corrected chi connectivity index (χ0v) is 10.3. The van der Waals surface area contributed by atoms with Crippen molar-refractivity contribution in [2.24, 2.45) is 5.92 Å². The normalized spacial score (nSPS) is 18.6. The Bertz CT molecular complexity index is 406. The number of hydrogen-bond acceptors (Lipinski definition) is 2. The molecule has 0 aliphatic carbocycles. The van der Waals surface area contributed by atoms with E-state index in [1.807, 2.05) is 12.1 Å². The molecular weight excluding hydrogens is 198 g/mol. The minimum absolute atomic E-state index is 0.206. The quantitative estimate of drug-likeness (QED) is 0.831. The average Bonchev–Trinajstić information content (AvgIpc) is 2.28. The van der Waals surface area contributed by atoms with Gasteiger partial charge in [0, 0.05) is 10.7 Å². The van der Waals surface area contributed by atoms with E-state index in [1.165, 1.54) is 4.90 Å². The molecule has 2 nitrogen and oxygen atoms in total. The van der Waals surface area contributed by atoms with Crippen LogP contribution < -0.4 is 0 Å². The molecule has 2 atom stereocenters. The number of benzene rings is 1. The van der Waals surface area contributed by atoms with Crippen LogP contribution in [0.3, 0.4) is 0 Å². The van der Waals surface area contributed by atoms with Crippen LogP contribution in [0.25, 0.3) is 0 Å². The fourth-order valence-corrected chi connectivity index (χ4v) is 2.28. The van der Waals surface area contributed by atoms with Crippen LogP contribution >= 0.6 is 0 Å². The molecule has 90 valence electrons. The van der Waals surface area contributed by atoms with Crippen LogP contribution in [0.2, 0.25) is 0 Å². The highest BCUT2D eigenvalue weighted by Crippen LogP contribution is 2.30. The standard InChI is InChI=1S/C14H23NO/c1-5-14(11(2)10-15(3)4)12-7-6-8-13(16)9-12/h6-9,11,14,16H,5,10H2,1-4H3/t11-,14+/m0/s1/i3D3. The van der Waals surface area contributed by atoms with Crippen LogP contribution in [-0.2, 0) is 0 Å². The van der Waals surface area contributed by atoms with Crippen molar-refractivity contribution in [2.45, 2.75) is 26.2 Å². The molecule has 1 aromatic carbocycles. The van der Waals surface area contributed by atoms with Gasteiger partial charge in [-0.15, -0.1) is 0 Å². The number of phenols is 1. The van der Waals surface area contributed by atoms with Crippen molar-refractivity contribution in [1.29, 1.82) is 0 Å². The van der Waals surface area contributed by atoms with Gasteiger partial charge in [-0.2, -0.15) is 0 Å². The zero-order chi connectivity index (χ0) is 14.6. The highest BCUT2D eigenvalue weighted by Gasteiger charge is 2.18. The van der Waals surface area contributed by atoms with Crippen LogP contribution in [0.4, 0.5) is 0 Å². The van der Waals surface area contributed by atoms with Gasteiger partial charge in [0.25, 0.3) is 0 Å². The topological polar surface area (TPSA) is 23.5 Å². The van der Waals surface area contributed by atoms with E-state index >= 15 is 0 Å². The van der Waals surface area contributed by atoms with Crippen molar-refractivity contribution in [3.63, 3.8) is 0 Å². The molecule has 0 bridgehead atoms. The second-order valence-electron chi connectivity index (χ2n) is 4.47. The number of aromatic hydroxyl groups is 1. The molecule has 0 aliphatic rings. The summed E-state index contributed by atoms with van der Waals surface area (Å²) in [4.78, 5) is 1.41. The Morgan fingerprint density at radius 2 is 2.25 bits per heavy atom. The van der Waals surface area contributed by atoms with Crippen molar-refractivity contribution < 1.29 is 9.22 Å². The minimum atomic E-state index is -2.05. The first-order chi connectivity index (χ1) is 8.75. The first-order valence-electron chi connectivity index (χ1n) is 7.25. The summed E-state index contributed by atoms with van der Waals surface area (Å²) in [6, 6.07) is 7.22. The van der Waals surface area contributed by atoms with Gasteiger partial charge in [0.05, 0.1) is 0 Å². The van der Waals surface area contributed by atoms with E-state index in [2.05, 4.69) is 13.8 Å². The fourth-order valence-electron chi connectivity index (χ4n) is 2.28. The lowest BCUT2D eigenvalue weighted by molar-refractivity contribution is 0.301. The molecule has 0 saturated heterocycles. The van der Waals surface area contributed by atoms with Crippen LogP contribution in [-0.4, -0.2) is 30.6 Å². The highest BCUT2D eigenvalue weighted by molar-refractivity contribution is 5.30. The molecule has 1 aromatic rings. The van der Waals surface area contributed by atoms with Gasteiger partial charge in [-0.3, -0.25) is 0 Å². The summed E-state index contributed by atoms with van der Waals surface area (Å²) >= 11 is 0. The molecule has 16 heavy (non-hydrogen) atoms. The third kappa shape index (κ3) is 3.53. The summed E-state index contributed by atoms with van der Waals surface area (Å²) in [6.07, 6.45) is 0.916. The Kier molecular flexibility index (Phi) is 3.34. The van der Waals surface area contributed by atoms with Crippen molar-refractivity contribution >= 4 is 0 Å². The van der Waals surface area contributed by atoms with Crippen molar-refractivity contribution in [3.8, 4) is 5.75 Å². The lowest BCUT2D eigenvalue weighted by Crippen LogP contribution is -2.24. The molecule has 0 aromatic heterocycles. The van der Waals surface area contributed by atoms with Gasteiger partial charge in [0.1, 0.15) is 5.75 Å². The molecular formula is C14H23NO. The van der Waals surface area contributed by atoms with Gasteiger partial charge < -0.3 is 10.0 Å². The molecule has 2 heteroatoms. The van der Waals surface area contributed by atoms with Gasteiger partial charge >= 0.3 is 0 Å². The van der Waals surface area contributed by atoms with Crippen molar-refractivity contribution in [1.82, 2.24) is 4.90 Å². The summed E-state index contributed by atoms with van der Waals surface area (Å²) in [5, 5.41) is 9.55. The average molecular weight is 224 g/mol. The Hall–Kier alpha value is -1.02. The molecule has 0 saturated carbocycles. The minimum Gasteiger partial charge on any atom is -0.508 e. The third-order valence-electron chi connectivity index (χ3n) is 2.99. The molecule has 0 aliphatic heterocycles. The van der Waals surface area contributed by atoms with E-state index in [1.54, 1.807) is 19.2 Å². The first kappa shape index (κ1) is 9.06. The molecule has 0 spiro atoms. The summed E-state index contributed by atoms with van der Waals surface area (Å²) in [6.45, 7) is 2.59. The summed E-state index contributed by atoms with van der Waals surface area (Å²) in [5.74, 6) is 0.710. The van der Waals surface area contributed by atoms with Crippen LogP contribution in [0, 0.1) is 5.92 Å². The van der Waals surface area contributed by atoms with E-state index in [0.29, 0.717) is 6.54 Å². The largest absolute Gasteiger partial charge is 0.508 e. The van der Waals surface area contributed by atoms with Gasteiger partial charge in [-0.05, 0) is 50.0 Å². The third-order valence-corrected chi connectivity index (χ3v) is 2.99. The van der Waals surface area contributed by atoms with Crippen molar-refractivity contribution in [2.75, 3.05) is 20.6 Å². The Morgan fingerprint density at radius 1 is 1.50 bits per heavy atom. The molecule has 1 rings (SSSR count). The first-order valence-corrected chi connectivity index (χ1v) is 5.75. The molecule has 0 heterocycles. The lowest BCUT2D eigenvalue weighted by atomic mass is 9.85. The Labute approximate surface area is 103 Å². The SMILES string of the molecule is [2H]C([2H])([2H])N(C)C[C@H](C)[C@@H](CC)c1cccc(O)c1. The van der Waals surface area contributed by atoms with Crippen LogP contribution in [0.15, 0.2) is 24.3 Å². The molecule has 0 amide bonds. The maximum atomic E-state index is 9.55. The molecule has 0 fully saturated rings. The number of rotatable bonds is 5. The predicted octanol–water partition coefficient (Wildman–Crippen LogP) is 3.08. The number of phenolic OH excluding ortho intramolecular Hbond substituents is 1. The predicted molar refractivity (Wildman–Crippen MR) is 68.9 cm³/mol. The monoisotopic (exact) mass is 224 g/mol. The number of nitrogens with zero attached hydrogens (tertiary/aromatic N) is 1. The van der Waals surface area contributed by atoms with E-state index in [0.717, 1.165) is 12.0 Å².